The monoisotopic (exact) mass is 365 g/mol. The molecule has 0 radical (unpaired) electrons. The SMILES string of the molecule is O=C(Nc1nc(-c2ccc3ccccc3c2)cs1)c1ccc(Cl)nc1. The first-order valence-electron chi connectivity index (χ1n) is 7.57. The van der Waals surface area contributed by atoms with Crippen molar-refractivity contribution < 1.29 is 4.79 Å². The highest BCUT2D eigenvalue weighted by atomic mass is 35.5. The van der Waals surface area contributed by atoms with Crippen molar-refractivity contribution in [1.29, 1.82) is 0 Å². The van der Waals surface area contributed by atoms with Crippen molar-refractivity contribution in [2.75, 3.05) is 5.32 Å². The standard InChI is InChI=1S/C19H12ClN3OS/c20-17-8-7-15(10-21-17)18(24)23-19-22-16(11-25-19)14-6-5-12-3-1-2-4-13(12)9-14/h1-11H,(H,22,23,24). The van der Waals surface area contributed by atoms with E-state index in [1.165, 1.54) is 22.9 Å². The molecule has 2 heterocycles. The number of carbonyl (C=O) groups excluding carboxylic acids is 1. The maximum absolute atomic E-state index is 12.2. The van der Waals surface area contributed by atoms with Gasteiger partial charge >= 0.3 is 0 Å². The van der Waals surface area contributed by atoms with Crippen LogP contribution in [0.15, 0.2) is 66.2 Å². The second-order valence-electron chi connectivity index (χ2n) is 5.42. The number of aromatic nitrogens is 2. The normalized spacial score (nSPS) is 10.8. The van der Waals surface area contributed by atoms with Crippen molar-refractivity contribution in [2.45, 2.75) is 0 Å². The molecule has 4 aromatic rings. The van der Waals surface area contributed by atoms with Crippen LogP contribution in [0.25, 0.3) is 22.0 Å². The van der Waals surface area contributed by atoms with Gasteiger partial charge in [0.1, 0.15) is 5.15 Å². The molecule has 25 heavy (non-hydrogen) atoms. The molecule has 4 nitrogen and oxygen atoms in total. The molecule has 0 aliphatic heterocycles. The van der Waals surface area contributed by atoms with Crippen molar-refractivity contribution in [2.24, 2.45) is 0 Å². The summed E-state index contributed by atoms with van der Waals surface area (Å²) in [5.41, 5.74) is 2.29. The molecule has 0 spiro atoms. The van der Waals surface area contributed by atoms with Crippen LogP contribution in [0.3, 0.4) is 0 Å². The summed E-state index contributed by atoms with van der Waals surface area (Å²) >= 11 is 7.12. The molecule has 122 valence electrons. The van der Waals surface area contributed by atoms with E-state index in [9.17, 15) is 4.79 Å². The van der Waals surface area contributed by atoms with E-state index in [4.69, 9.17) is 11.6 Å². The van der Waals surface area contributed by atoms with E-state index >= 15 is 0 Å². The molecule has 0 saturated carbocycles. The van der Waals surface area contributed by atoms with E-state index in [1.807, 2.05) is 23.6 Å². The number of fused-ring (bicyclic) bond motifs is 1. The summed E-state index contributed by atoms with van der Waals surface area (Å²) in [6.07, 6.45) is 1.44. The molecule has 0 unspecified atom stereocenters. The second-order valence-corrected chi connectivity index (χ2v) is 6.67. The van der Waals surface area contributed by atoms with E-state index < -0.39 is 0 Å². The molecular formula is C19H12ClN3OS. The van der Waals surface area contributed by atoms with Gasteiger partial charge < -0.3 is 0 Å². The van der Waals surface area contributed by atoms with Gasteiger partial charge in [0.05, 0.1) is 11.3 Å². The van der Waals surface area contributed by atoms with Gasteiger partial charge in [-0.3, -0.25) is 10.1 Å². The Bertz CT molecular complexity index is 1060. The van der Waals surface area contributed by atoms with Crippen LogP contribution in [0.1, 0.15) is 10.4 Å². The maximum Gasteiger partial charge on any atom is 0.259 e. The van der Waals surface area contributed by atoms with E-state index in [2.05, 4.69) is 39.6 Å². The third kappa shape index (κ3) is 3.38. The molecule has 0 aliphatic carbocycles. The fourth-order valence-electron chi connectivity index (χ4n) is 2.49. The van der Waals surface area contributed by atoms with Crippen molar-refractivity contribution in [3.8, 4) is 11.3 Å². The minimum atomic E-state index is -0.261. The number of pyridine rings is 1. The fraction of sp³-hybridized carbons (Fsp3) is 0. The number of nitrogens with one attached hydrogen (secondary N) is 1. The summed E-state index contributed by atoms with van der Waals surface area (Å²) in [7, 11) is 0. The van der Waals surface area contributed by atoms with Crippen molar-refractivity contribution in [3.05, 3.63) is 76.9 Å². The lowest BCUT2D eigenvalue weighted by atomic mass is 10.1. The van der Waals surface area contributed by atoms with Crippen LogP contribution in [-0.4, -0.2) is 15.9 Å². The molecule has 2 aromatic heterocycles. The number of halogens is 1. The number of thiazole rings is 1. The number of hydrogen-bond acceptors (Lipinski definition) is 4. The molecule has 0 fully saturated rings. The van der Waals surface area contributed by atoms with Crippen molar-refractivity contribution in [3.63, 3.8) is 0 Å². The average molecular weight is 366 g/mol. The van der Waals surface area contributed by atoms with Gasteiger partial charge in [-0.25, -0.2) is 9.97 Å². The lowest BCUT2D eigenvalue weighted by Crippen LogP contribution is -2.11. The molecule has 0 aliphatic rings. The third-order valence-corrected chi connectivity index (χ3v) is 4.74. The van der Waals surface area contributed by atoms with Gasteiger partial charge in [-0.1, -0.05) is 48.0 Å². The number of benzene rings is 2. The van der Waals surface area contributed by atoms with Crippen LogP contribution in [0.4, 0.5) is 5.13 Å². The molecule has 1 N–H and O–H groups in total. The van der Waals surface area contributed by atoms with E-state index in [0.717, 1.165) is 16.6 Å². The van der Waals surface area contributed by atoms with Crippen molar-refractivity contribution >= 4 is 44.7 Å². The van der Waals surface area contributed by atoms with Gasteiger partial charge in [-0.15, -0.1) is 11.3 Å². The van der Waals surface area contributed by atoms with Gasteiger partial charge in [0.25, 0.3) is 5.91 Å². The quantitative estimate of drug-likeness (QED) is 0.503. The zero-order chi connectivity index (χ0) is 17.2. The zero-order valence-electron chi connectivity index (χ0n) is 12.9. The Morgan fingerprint density at radius 1 is 1.04 bits per heavy atom. The number of anilines is 1. The van der Waals surface area contributed by atoms with Crippen LogP contribution < -0.4 is 5.32 Å². The lowest BCUT2D eigenvalue weighted by molar-refractivity contribution is 0.102. The number of hydrogen-bond donors (Lipinski definition) is 1. The molecule has 1 amide bonds. The molecule has 2 aromatic carbocycles. The van der Waals surface area contributed by atoms with Crippen LogP contribution in [0, 0.1) is 0 Å². The molecule has 0 saturated heterocycles. The van der Waals surface area contributed by atoms with Gasteiger partial charge in [-0.05, 0) is 29.0 Å². The molecular weight excluding hydrogens is 354 g/mol. The molecule has 4 rings (SSSR count). The van der Waals surface area contributed by atoms with Crippen LogP contribution in [0.2, 0.25) is 5.15 Å². The topological polar surface area (TPSA) is 54.9 Å². The number of nitrogens with zero attached hydrogens (tertiary/aromatic N) is 2. The predicted molar refractivity (Wildman–Crippen MR) is 102 cm³/mol. The molecule has 6 heteroatoms. The lowest BCUT2D eigenvalue weighted by Gasteiger charge is -2.02. The third-order valence-electron chi connectivity index (χ3n) is 3.76. The minimum absolute atomic E-state index is 0.261. The Morgan fingerprint density at radius 2 is 1.88 bits per heavy atom. The summed E-state index contributed by atoms with van der Waals surface area (Å²) in [4.78, 5) is 20.6. The highest BCUT2D eigenvalue weighted by Gasteiger charge is 2.10. The Balaban J connectivity index is 1.56. The zero-order valence-corrected chi connectivity index (χ0v) is 14.5. The summed E-state index contributed by atoms with van der Waals surface area (Å²) in [6.45, 7) is 0. The second kappa shape index (κ2) is 6.63. The number of rotatable bonds is 3. The van der Waals surface area contributed by atoms with Gasteiger partial charge in [-0.2, -0.15) is 0 Å². The van der Waals surface area contributed by atoms with Crippen LogP contribution >= 0.6 is 22.9 Å². The summed E-state index contributed by atoms with van der Waals surface area (Å²) in [5, 5.41) is 7.96. The van der Waals surface area contributed by atoms with E-state index in [1.54, 1.807) is 12.1 Å². The van der Waals surface area contributed by atoms with Crippen molar-refractivity contribution in [1.82, 2.24) is 9.97 Å². The summed E-state index contributed by atoms with van der Waals surface area (Å²) in [5.74, 6) is -0.261. The molecule has 0 bridgehead atoms. The Kier molecular flexibility index (Phi) is 4.17. The first-order valence-corrected chi connectivity index (χ1v) is 8.82. The Hall–Kier alpha value is -2.76. The smallest absolute Gasteiger partial charge is 0.259 e. The Morgan fingerprint density at radius 3 is 2.68 bits per heavy atom. The fourth-order valence-corrected chi connectivity index (χ4v) is 3.32. The van der Waals surface area contributed by atoms with E-state index in [-0.39, 0.29) is 5.91 Å². The number of carbonyl (C=O) groups is 1. The van der Waals surface area contributed by atoms with Gasteiger partial charge in [0, 0.05) is 17.1 Å². The summed E-state index contributed by atoms with van der Waals surface area (Å²) in [6, 6.07) is 17.6. The van der Waals surface area contributed by atoms with Gasteiger partial charge in [0.2, 0.25) is 0 Å². The summed E-state index contributed by atoms with van der Waals surface area (Å²) < 4.78 is 0. The Labute approximate surface area is 153 Å². The van der Waals surface area contributed by atoms with E-state index in [0.29, 0.717) is 15.8 Å². The molecule has 0 atom stereocenters. The number of amides is 1. The highest BCUT2D eigenvalue weighted by molar-refractivity contribution is 7.14. The van der Waals surface area contributed by atoms with Gasteiger partial charge in [0.15, 0.2) is 5.13 Å². The van der Waals surface area contributed by atoms with Crippen LogP contribution in [-0.2, 0) is 0 Å². The predicted octanol–water partition coefficient (Wildman–Crippen LogP) is 5.26. The largest absolute Gasteiger partial charge is 0.298 e. The highest BCUT2D eigenvalue weighted by Crippen LogP contribution is 2.28. The minimum Gasteiger partial charge on any atom is -0.298 e. The maximum atomic E-state index is 12.2. The van der Waals surface area contributed by atoms with Crippen LogP contribution in [0.5, 0.6) is 0 Å². The first-order chi connectivity index (χ1) is 12.2. The average Bonchev–Trinajstić information content (AvgIpc) is 3.10. The first kappa shape index (κ1) is 15.7.